The molecule has 0 spiro atoms. The first kappa shape index (κ1) is 18.8. The van der Waals surface area contributed by atoms with Crippen LogP contribution < -0.4 is 10.6 Å². The lowest BCUT2D eigenvalue weighted by molar-refractivity contribution is -0.116. The molecule has 0 radical (unpaired) electrons. The maximum Gasteiger partial charge on any atom is 0.231 e. The van der Waals surface area contributed by atoms with Crippen LogP contribution in [0.4, 0.5) is 5.95 Å². The number of ketones is 1. The number of nitriles is 1. The number of hydrogen-bond acceptors (Lipinski definition) is 7. The number of pyridine rings is 1. The standard InChI is InChI=1S/C23H19N7O/c24-11-17-20(15-7-4-8-26-12-15)21-18(30(22(17)25)23-27-13-28-29-23)9-16(10-19(21)31)14-5-2-1-3-6-14/h1-8,12-13,16,20H,9-10,25H2,(H,27,28,29). The van der Waals surface area contributed by atoms with Gasteiger partial charge in [0.15, 0.2) is 5.78 Å². The van der Waals surface area contributed by atoms with E-state index in [0.717, 1.165) is 16.8 Å². The van der Waals surface area contributed by atoms with Crippen LogP contribution in [0.25, 0.3) is 0 Å². The van der Waals surface area contributed by atoms with Crippen molar-refractivity contribution in [1.29, 1.82) is 5.26 Å². The van der Waals surface area contributed by atoms with E-state index in [2.05, 4.69) is 26.2 Å². The second-order valence-corrected chi connectivity index (χ2v) is 7.57. The maximum absolute atomic E-state index is 13.6. The molecule has 0 fully saturated rings. The number of nitrogens with zero attached hydrogens (tertiary/aromatic N) is 5. The second-order valence-electron chi connectivity index (χ2n) is 7.57. The van der Waals surface area contributed by atoms with Crippen molar-refractivity contribution >= 4 is 11.7 Å². The van der Waals surface area contributed by atoms with E-state index in [9.17, 15) is 10.1 Å². The van der Waals surface area contributed by atoms with Crippen molar-refractivity contribution in [2.75, 3.05) is 4.90 Å². The van der Waals surface area contributed by atoms with Gasteiger partial charge in [0, 0.05) is 30.1 Å². The number of hydrogen-bond donors (Lipinski definition) is 2. The van der Waals surface area contributed by atoms with Crippen molar-refractivity contribution in [3.63, 3.8) is 0 Å². The number of H-pyrrole nitrogens is 1. The molecule has 0 amide bonds. The third-order valence-corrected chi connectivity index (χ3v) is 5.87. The summed E-state index contributed by atoms with van der Waals surface area (Å²) in [6.07, 6.45) is 5.67. The zero-order chi connectivity index (χ0) is 21.4. The Bertz CT molecular complexity index is 1220. The predicted octanol–water partition coefficient (Wildman–Crippen LogP) is 2.90. The van der Waals surface area contributed by atoms with Gasteiger partial charge in [-0.25, -0.2) is 5.10 Å². The van der Waals surface area contributed by atoms with Crippen LogP contribution in [0.1, 0.15) is 35.8 Å². The Morgan fingerprint density at radius 3 is 2.61 bits per heavy atom. The summed E-state index contributed by atoms with van der Waals surface area (Å²) in [6, 6.07) is 15.9. The summed E-state index contributed by atoms with van der Waals surface area (Å²) in [5.74, 6) is 0.0620. The number of nitrogens with two attached hydrogens (primary N) is 1. The molecule has 0 saturated carbocycles. The smallest absolute Gasteiger partial charge is 0.231 e. The Balaban J connectivity index is 1.71. The summed E-state index contributed by atoms with van der Waals surface area (Å²) in [6.45, 7) is 0. The first-order valence-electron chi connectivity index (χ1n) is 9.95. The van der Waals surface area contributed by atoms with Crippen LogP contribution in [0, 0.1) is 11.3 Å². The van der Waals surface area contributed by atoms with Crippen LogP contribution >= 0.6 is 0 Å². The van der Waals surface area contributed by atoms with Crippen molar-refractivity contribution in [2.45, 2.75) is 24.7 Å². The fourth-order valence-electron chi connectivity index (χ4n) is 4.52. The number of aromatic nitrogens is 4. The van der Waals surface area contributed by atoms with Gasteiger partial charge >= 0.3 is 0 Å². The molecule has 0 saturated heterocycles. The quantitative estimate of drug-likeness (QED) is 0.681. The first-order valence-corrected chi connectivity index (χ1v) is 9.95. The van der Waals surface area contributed by atoms with Gasteiger partial charge in [0.05, 0.1) is 17.6 Å². The van der Waals surface area contributed by atoms with Gasteiger partial charge in [-0.1, -0.05) is 36.4 Å². The number of anilines is 1. The molecule has 8 heteroatoms. The van der Waals surface area contributed by atoms with E-state index < -0.39 is 5.92 Å². The molecular formula is C23H19N7O. The Labute approximate surface area is 178 Å². The zero-order valence-corrected chi connectivity index (χ0v) is 16.6. The van der Waals surface area contributed by atoms with Crippen LogP contribution in [0.2, 0.25) is 0 Å². The number of benzene rings is 1. The highest BCUT2D eigenvalue weighted by Gasteiger charge is 2.43. The van der Waals surface area contributed by atoms with Gasteiger partial charge in [0.1, 0.15) is 12.1 Å². The van der Waals surface area contributed by atoms with Crippen molar-refractivity contribution in [3.05, 3.63) is 95.0 Å². The minimum atomic E-state index is -0.558. The Kier molecular flexibility index (Phi) is 4.56. The lowest BCUT2D eigenvalue weighted by Crippen LogP contribution is -2.40. The topological polar surface area (TPSA) is 125 Å². The zero-order valence-electron chi connectivity index (χ0n) is 16.6. The number of allylic oxidation sites excluding steroid dienone is 3. The number of nitrogens with one attached hydrogen (secondary N) is 1. The largest absolute Gasteiger partial charge is 0.384 e. The summed E-state index contributed by atoms with van der Waals surface area (Å²) in [5, 5.41) is 16.8. The van der Waals surface area contributed by atoms with Crippen LogP contribution in [0.3, 0.4) is 0 Å². The van der Waals surface area contributed by atoms with E-state index in [1.54, 1.807) is 23.4 Å². The summed E-state index contributed by atoms with van der Waals surface area (Å²) < 4.78 is 0. The third kappa shape index (κ3) is 3.07. The summed E-state index contributed by atoms with van der Waals surface area (Å²) >= 11 is 0. The number of carbonyl (C=O) groups is 1. The van der Waals surface area contributed by atoms with E-state index >= 15 is 0 Å². The van der Waals surface area contributed by atoms with Gasteiger partial charge in [-0.15, -0.1) is 0 Å². The number of rotatable bonds is 3. The van der Waals surface area contributed by atoms with Crippen LogP contribution in [-0.4, -0.2) is 25.9 Å². The summed E-state index contributed by atoms with van der Waals surface area (Å²) in [4.78, 5) is 23.7. The predicted molar refractivity (Wildman–Crippen MR) is 113 cm³/mol. The van der Waals surface area contributed by atoms with E-state index in [-0.39, 0.29) is 17.5 Å². The monoisotopic (exact) mass is 409 g/mol. The van der Waals surface area contributed by atoms with E-state index in [0.29, 0.717) is 29.9 Å². The van der Waals surface area contributed by atoms with Crippen LogP contribution in [-0.2, 0) is 4.79 Å². The minimum Gasteiger partial charge on any atom is -0.384 e. The summed E-state index contributed by atoms with van der Waals surface area (Å²) in [5.41, 5.74) is 9.99. The number of aromatic amines is 1. The normalized spacial score (nSPS) is 21.1. The van der Waals surface area contributed by atoms with Crippen LogP contribution in [0.5, 0.6) is 0 Å². The Morgan fingerprint density at radius 1 is 1.13 bits per heavy atom. The molecule has 1 aromatic carbocycles. The highest BCUT2D eigenvalue weighted by Crippen LogP contribution is 2.48. The van der Waals surface area contributed by atoms with Gasteiger partial charge in [-0.05, 0) is 29.5 Å². The lowest BCUT2D eigenvalue weighted by atomic mass is 9.72. The van der Waals surface area contributed by atoms with Gasteiger partial charge < -0.3 is 5.73 Å². The first-order chi connectivity index (χ1) is 15.2. The van der Waals surface area contributed by atoms with Gasteiger partial charge in [-0.2, -0.15) is 15.3 Å². The molecule has 2 unspecified atom stereocenters. The van der Waals surface area contributed by atoms with Crippen molar-refractivity contribution in [2.24, 2.45) is 5.73 Å². The molecule has 2 atom stereocenters. The highest BCUT2D eigenvalue weighted by atomic mass is 16.1. The Morgan fingerprint density at radius 2 is 1.94 bits per heavy atom. The molecule has 2 aromatic heterocycles. The fraction of sp³-hybridized carbons (Fsp3) is 0.174. The fourth-order valence-corrected chi connectivity index (χ4v) is 4.52. The number of Topliss-reactive ketones (excluding diaryl/α,β-unsaturated/α-hetero) is 1. The van der Waals surface area contributed by atoms with Crippen molar-refractivity contribution < 1.29 is 4.79 Å². The molecule has 1 aliphatic carbocycles. The van der Waals surface area contributed by atoms with Gasteiger partial charge in [0.25, 0.3) is 0 Å². The molecule has 152 valence electrons. The van der Waals surface area contributed by atoms with E-state index in [1.165, 1.54) is 6.33 Å². The molecule has 31 heavy (non-hydrogen) atoms. The van der Waals surface area contributed by atoms with E-state index in [4.69, 9.17) is 5.73 Å². The second kappa shape index (κ2) is 7.54. The molecule has 3 N–H and O–H groups in total. The summed E-state index contributed by atoms with van der Waals surface area (Å²) in [7, 11) is 0. The molecule has 3 aromatic rings. The molecule has 3 heterocycles. The van der Waals surface area contributed by atoms with Crippen LogP contribution in [0.15, 0.2) is 83.8 Å². The molecule has 2 aliphatic rings. The molecule has 1 aliphatic heterocycles. The molecule has 8 nitrogen and oxygen atoms in total. The van der Waals surface area contributed by atoms with E-state index in [1.807, 2.05) is 36.4 Å². The average molecular weight is 409 g/mol. The van der Waals surface area contributed by atoms with Gasteiger partial charge in [0.2, 0.25) is 5.95 Å². The third-order valence-electron chi connectivity index (χ3n) is 5.87. The highest BCUT2D eigenvalue weighted by molar-refractivity contribution is 6.01. The Hall–Kier alpha value is -4.25. The molecule has 0 bridgehead atoms. The van der Waals surface area contributed by atoms with Gasteiger partial charge in [-0.3, -0.25) is 14.7 Å². The maximum atomic E-state index is 13.6. The number of carbonyl (C=O) groups excluding carboxylic acids is 1. The average Bonchev–Trinajstić information content (AvgIpc) is 3.33. The SMILES string of the molecule is N#CC1=C(N)N(c2ncn[nH]2)C2=C(C(=O)CC(c3ccccc3)C2)C1c1cccnc1. The molecule has 5 rings (SSSR count). The van der Waals surface area contributed by atoms with Crippen molar-refractivity contribution in [3.8, 4) is 6.07 Å². The lowest BCUT2D eigenvalue weighted by Gasteiger charge is -2.40. The van der Waals surface area contributed by atoms with Crippen molar-refractivity contribution in [1.82, 2.24) is 20.2 Å². The molecular weight excluding hydrogens is 390 g/mol. The minimum absolute atomic E-state index is 0.00357.